The van der Waals surface area contributed by atoms with Gasteiger partial charge in [-0.15, -0.1) is 12.6 Å². The second-order valence-corrected chi connectivity index (χ2v) is 5.98. The molecule has 1 aliphatic rings. The van der Waals surface area contributed by atoms with Crippen molar-refractivity contribution in [1.29, 1.82) is 0 Å². The van der Waals surface area contributed by atoms with E-state index in [1.54, 1.807) is 25.1 Å². The van der Waals surface area contributed by atoms with Gasteiger partial charge in [0, 0.05) is 6.54 Å². The Morgan fingerprint density at radius 1 is 1.30 bits per heavy atom. The summed E-state index contributed by atoms with van der Waals surface area (Å²) < 4.78 is 13.8. The van der Waals surface area contributed by atoms with E-state index in [1.807, 2.05) is 0 Å². The first-order valence-corrected chi connectivity index (χ1v) is 7.86. The highest BCUT2D eigenvalue weighted by molar-refractivity contribution is 7.97. The minimum Gasteiger partial charge on any atom is -0.369 e. The smallest absolute Gasteiger partial charge is 0.223 e. The van der Waals surface area contributed by atoms with Crippen molar-refractivity contribution in [2.45, 2.75) is 19.8 Å². The van der Waals surface area contributed by atoms with Gasteiger partial charge >= 0.3 is 0 Å². The fourth-order valence-corrected chi connectivity index (χ4v) is 2.46. The largest absolute Gasteiger partial charge is 0.369 e. The maximum atomic E-state index is 13.8. The van der Waals surface area contributed by atoms with Crippen molar-refractivity contribution >= 4 is 35.1 Å². The first-order valence-electron chi connectivity index (χ1n) is 7.42. The van der Waals surface area contributed by atoms with Gasteiger partial charge in [-0.1, -0.05) is 12.1 Å². The molecule has 120 valence electrons. The SMILES string of the molecule is Cc1nc(NCC2CC2)c(C(=O)S)c(Nc2ccccc2F)n1. The van der Waals surface area contributed by atoms with Crippen LogP contribution in [-0.2, 0) is 0 Å². The first kappa shape index (κ1) is 15.7. The Labute approximate surface area is 139 Å². The highest BCUT2D eigenvalue weighted by Gasteiger charge is 2.24. The van der Waals surface area contributed by atoms with E-state index in [1.165, 1.54) is 18.9 Å². The lowest BCUT2D eigenvalue weighted by atomic mass is 10.2. The molecule has 0 amide bonds. The Balaban J connectivity index is 1.96. The van der Waals surface area contributed by atoms with E-state index in [-0.39, 0.29) is 17.1 Å². The van der Waals surface area contributed by atoms with Crippen LogP contribution in [0.25, 0.3) is 0 Å². The summed E-state index contributed by atoms with van der Waals surface area (Å²) in [5.74, 6) is 1.37. The summed E-state index contributed by atoms with van der Waals surface area (Å²) >= 11 is 3.92. The highest BCUT2D eigenvalue weighted by atomic mass is 32.1. The van der Waals surface area contributed by atoms with Crippen molar-refractivity contribution in [3.63, 3.8) is 0 Å². The van der Waals surface area contributed by atoms with Crippen molar-refractivity contribution < 1.29 is 9.18 Å². The van der Waals surface area contributed by atoms with Crippen molar-refractivity contribution in [3.05, 3.63) is 41.5 Å². The lowest BCUT2D eigenvalue weighted by Gasteiger charge is -2.15. The van der Waals surface area contributed by atoms with Gasteiger partial charge in [0.2, 0.25) is 5.12 Å². The molecule has 0 spiro atoms. The minimum absolute atomic E-state index is 0.225. The number of anilines is 3. The number of para-hydroxylation sites is 1. The van der Waals surface area contributed by atoms with E-state index in [2.05, 4.69) is 33.2 Å². The summed E-state index contributed by atoms with van der Waals surface area (Å²) in [6.45, 7) is 2.48. The number of aryl methyl sites for hydroxylation is 1. The van der Waals surface area contributed by atoms with Gasteiger partial charge in [-0.25, -0.2) is 14.4 Å². The van der Waals surface area contributed by atoms with Crippen LogP contribution in [0.2, 0.25) is 0 Å². The molecule has 1 aromatic heterocycles. The lowest BCUT2D eigenvalue weighted by molar-refractivity contribution is 0.109. The van der Waals surface area contributed by atoms with E-state index in [9.17, 15) is 9.18 Å². The topological polar surface area (TPSA) is 66.9 Å². The molecule has 7 heteroatoms. The van der Waals surface area contributed by atoms with Crippen LogP contribution in [0.5, 0.6) is 0 Å². The summed E-state index contributed by atoms with van der Waals surface area (Å²) in [5.41, 5.74) is 0.470. The number of hydrogen-bond donors (Lipinski definition) is 3. The Kier molecular flexibility index (Phi) is 4.47. The number of hydrogen-bond acceptors (Lipinski definition) is 5. The van der Waals surface area contributed by atoms with E-state index in [0.717, 1.165) is 6.54 Å². The number of carbonyl (C=O) groups excluding carboxylic acids is 1. The van der Waals surface area contributed by atoms with Gasteiger partial charge in [-0.3, -0.25) is 4.79 Å². The summed E-state index contributed by atoms with van der Waals surface area (Å²) in [6.07, 6.45) is 2.36. The molecule has 0 saturated heterocycles. The van der Waals surface area contributed by atoms with Gasteiger partial charge in [0.05, 0.1) is 5.69 Å². The Morgan fingerprint density at radius 2 is 2.00 bits per heavy atom. The Bertz CT molecular complexity index is 749. The second kappa shape index (κ2) is 6.54. The molecule has 1 aromatic carbocycles. The van der Waals surface area contributed by atoms with Crippen LogP contribution in [-0.4, -0.2) is 21.6 Å². The zero-order chi connectivity index (χ0) is 16.4. The molecule has 2 N–H and O–H groups in total. The molecule has 1 fully saturated rings. The maximum Gasteiger partial charge on any atom is 0.223 e. The number of nitrogens with zero attached hydrogens (tertiary/aromatic N) is 2. The van der Waals surface area contributed by atoms with Gasteiger partial charge in [0.15, 0.2) is 0 Å². The zero-order valence-electron chi connectivity index (χ0n) is 12.6. The van der Waals surface area contributed by atoms with E-state index >= 15 is 0 Å². The molecule has 3 rings (SSSR count). The van der Waals surface area contributed by atoms with Crippen molar-refractivity contribution in [1.82, 2.24) is 9.97 Å². The van der Waals surface area contributed by atoms with Gasteiger partial charge < -0.3 is 10.6 Å². The van der Waals surface area contributed by atoms with Crippen LogP contribution in [0.1, 0.15) is 29.0 Å². The molecule has 2 aromatic rings. The molecule has 23 heavy (non-hydrogen) atoms. The lowest BCUT2D eigenvalue weighted by Crippen LogP contribution is -2.14. The van der Waals surface area contributed by atoms with Gasteiger partial charge in [-0.05, 0) is 37.8 Å². The number of aromatic nitrogens is 2. The first-order chi connectivity index (χ1) is 11.0. The molecule has 0 aliphatic heterocycles. The average molecular weight is 332 g/mol. The van der Waals surface area contributed by atoms with Gasteiger partial charge in [0.25, 0.3) is 0 Å². The van der Waals surface area contributed by atoms with E-state index in [4.69, 9.17) is 0 Å². The molecule has 1 saturated carbocycles. The van der Waals surface area contributed by atoms with Crippen molar-refractivity contribution in [2.75, 3.05) is 17.2 Å². The van der Waals surface area contributed by atoms with Gasteiger partial charge in [-0.2, -0.15) is 0 Å². The zero-order valence-corrected chi connectivity index (χ0v) is 13.5. The monoisotopic (exact) mass is 332 g/mol. The molecular formula is C16H17FN4OS. The second-order valence-electron chi connectivity index (χ2n) is 5.58. The third kappa shape index (κ3) is 3.79. The molecular weight excluding hydrogens is 315 g/mol. The average Bonchev–Trinajstić information content (AvgIpc) is 3.31. The molecule has 0 atom stereocenters. The van der Waals surface area contributed by atoms with Crippen LogP contribution in [0.4, 0.5) is 21.7 Å². The van der Waals surface area contributed by atoms with Gasteiger partial charge in [0.1, 0.15) is 28.8 Å². The highest BCUT2D eigenvalue weighted by Crippen LogP contribution is 2.31. The number of nitrogens with one attached hydrogen (secondary N) is 2. The number of benzene rings is 1. The third-order valence-electron chi connectivity index (χ3n) is 3.62. The van der Waals surface area contributed by atoms with Crippen LogP contribution in [0, 0.1) is 18.7 Å². The van der Waals surface area contributed by atoms with E-state index in [0.29, 0.717) is 17.6 Å². The fourth-order valence-electron chi connectivity index (χ4n) is 2.25. The Hall–Kier alpha value is -2.15. The third-order valence-corrected chi connectivity index (χ3v) is 3.84. The fraction of sp³-hybridized carbons (Fsp3) is 0.312. The number of carbonyl (C=O) groups is 1. The number of rotatable bonds is 6. The summed E-state index contributed by atoms with van der Waals surface area (Å²) in [7, 11) is 0. The predicted molar refractivity (Wildman–Crippen MR) is 91.0 cm³/mol. The minimum atomic E-state index is -0.470. The van der Waals surface area contributed by atoms with Crippen LogP contribution in [0.3, 0.4) is 0 Å². The van der Waals surface area contributed by atoms with Crippen LogP contribution < -0.4 is 10.6 Å². The summed E-state index contributed by atoms with van der Waals surface area (Å²) in [4.78, 5) is 20.5. The summed E-state index contributed by atoms with van der Waals surface area (Å²) in [5, 5.41) is 5.58. The number of halogens is 1. The van der Waals surface area contributed by atoms with Crippen LogP contribution in [0.15, 0.2) is 24.3 Å². The molecule has 0 radical (unpaired) electrons. The van der Waals surface area contributed by atoms with Crippen molar-refractivity contribution in [3.8, 4) is 0 Å². The molecule has 1 heterocycles. The Morgan fingerprint density at radius 3 is 2.65 bits per heavy atom. The quantitative estimate of drug-likeness (QED) is 0.706. The summed E-state index contributed by atoms with van der Waals surface area (Å²) in [6, 6.07) is 6.22. The maximum absolute atomic E-state index is 13.8. The van der Waals surface area contributed by atoms with Crippen LogP contribution >= 0.6 is 12.6 Å². The predicted octanol–water partition coefficient (Wildman–Crippen LogP) is 3.56. The molecule has 1 aliphatic carbocycles. The normalized spacial score (nSPS) is 13.7. The standard InChI is InChI=1S/C16H17FN4OS/c1-9-19-14(18-8-10-6-7-10)13(16(22)23)15(20-9)21-12-5-3-2-4-11(12)17/h2-5,10H,6-8H2,1H3,(H,22,23)(H2,18,19,20,21). The molecule has 5 nitrogen and oxygen atoms in total. The molecule has 0 unspecified atom stereocenters. The van der Waals surface area contributed by atoms with Crippen molar-refractivity contribution in [2.24, 2.45) is 5.92 Å². The molecule has 0 bridgehead atoms. The van der Waals surface area contributed by atoms with E-state index < -0.39 is 10.9 Å². The number of thiol groups is 1.